The van der Waals surface area contributed by atoms with Crippen LogP contribution in [0.4, 0.5) is 14.5 Å². The van der Waals surface area contributed by atoms with Gasteiger partial charge in [-0.2, -0.15) is 0 Å². The highest BCUT2D eigenvalue weighted by Crippen LogP contribution is 2.19. The minimum Gasteiger partial charge on any atom is -0.451 e. The quantitative estimate of drug-likeness (QED) is 0.611. The van der Waals surface area contributed by atoms with Crippen LogP contribution in [0.3, 0.4) is 0 Å². The van der Waals surface area contributed by atoms with Crippen molar-refractivity contribution in [3.8, 4) is 0 Å². The van der Waals surface area contributed by atoms with Crippen LogP contribution in [0.5, 0.6) is 0 Å². The van der Waals surface area contributed by atoms with Crippen LogP contribution in [0, 0.1) is 11.6 Å². The zero-order chi connectivity index (χ0) is 21.1. The van der Waals surface area contributed by atoms with Crippen LogP contribution in [0.1, 0.15) is 22.8 Å². The van der Waals surface area contributed by atoms with Gasteiger partial charge in [0.2, 0.25) is 5.91 Å². The smallest absolute Gasteiger partial charge is 0.326 e. The Balaban J connectivity index is 1.60. The number of carbonyl (C=O) groups excluding carboxylic acids is 4. The number of nitrogens with zero attached hydrogens (tertiary/aromatic N) is 1. The summed E-state index contributed by atoms with van der Waals surface area (Å²) < 4.78 is 31.1. The van der Waals surface area contributed by atoms with Gasteiger partial charge in [-0.25, -0.2) is 8.78 Å². The molecule has 2 aromatic rings. The SMILES string of the molecule is C[C@@H](OC(=O)CN1C(=O)Cc2ccccc2C1=O)C(=O)Nc1ccc(F)c(F)c1. The van der Waals surface area contributed by atoms with Crippen molar-refractivity contribution >= 4 is 29.4 Å². The first-order chi connectivity index (χ1) is 13.8. The van der Waals surface area contributed by atoms with Gasteiger partial charge in [0, 0.05) is 17.3 Å². The van der Waals surface area contributed by atoms with Crippen LogP contribution in [0.15, 0.2) is 42.5 Å². The molecule has 0 saturated heterocycles. The number of hydrogen-bond acceptors (Lipinski definition) is 5. The van der Waals surface area contributed by atoms with Crippen LogP contribution in [-0.4, -0.2) is 41.2 Å². The second kappa shape index (κ2) is 8.17. The predicted molar refractivity (Wildman–Crippen MR) is 96.7 cm³/mol. The van der Waals surface area contributed by atoms with Crippen molar-refractivity contribution in [2.75, 3.05) is 11.9 Å². The summed E-state index contributed by atoms with van der Waals surface area (Å²) >= 11 is 0. The molecule has 0 fully saturated rings. The molecule has 0 aliphatic carbocycles. The molecule has 1 atom stereocenters. The van der Waals surface area contributed by atoms with Gasteiger partial charge >= 0.3 is 5.97 Å². The van der Waals surface area contributed by atoms with Gasteiger partial charge in [-0.1, -0.05) is 18.2 Å². The number of nitrogens with one attached hydrogen (secondary N) is 1. The van der Waals surface area contributed by atoms with E-state index in [1.54, 1.807) is 24.3 Å². The van der Waals surface area contributed by atoms with E-state index in [4.69, 9.17) is 4.74 Å². The van der Waals surface area contributed by atoms with Crippen molar-refractivity contribution < 1.29 is 32.7 Å². The van der Waals surface area contributed by atoms with Gasteiger partial charge in [0.05, 0.1) is 6.42 Å². The van der Waals surface area contributed by atoms with Crippen molar-refractivity contribution in [2.24, 2.45) is 0 Å². The number of rotatable bonds is 5. The molecule has 1 heterocycles. The maximum atomic E-state index is 13.2. The first-order valence-electron chi connectivity index (χ1n) is 8.64. The number of ether oxygens (including phenoxy) is 1. The molecule has 2 aromatic carbocycles. The van der Waals surface area contributed by atoms with E-state index < -0.39 is 48.0 Å². The molecule has 29 heavy (non-hydrogen) atoms. The second-order valence-corrected chi connectivity index (χ2v) is 6.37. The number of carbonyl (C=O) groups is 4. The Labute approximate surface area is 164 Å². The summed E-state index contributed by atoms with van der Waals surface area (Å²) in [6, 6.07) is 9.33. The molecular weight excluding hydrogens is 386 g/mol. The standard InChI is InChI=1S/C20H16F2N2O5/c1-11(19(27)23-13-6-7-15(21)16(22)9-13)29-18(26)10-24-17(25)8-12-4-2-3-5-14(12)20(24)28/h2-7,9,11H,8,10H2,1H3,(H,23,27)/t11-/m1/s1. The zero-order valence-electron chi connectivity index (χ0n) is 15.3. The summed E-state index contributed by atoms with van der Waals surface area (Å²) in [6.07, 6.45) is -1.32. The maximum Gasteiger partial charge on any atom is 0.326 e. The van der Waals surface area contributed by atoms with E-state index in [-0.39, 0.29) is 12.1 Å². The Morgan fingerprint density at radius 3 is 2.59 bits per heavy atom. The van der Waals surface area contributed by atoms with Crippen molar-refractivity contribution in [1.29, 1.82) is 0 Å². The Morgan fingerprint density at radius 2 is 1.86 bits per heavy atom. The lowest BCUT2D eigenvalue weighted by molar-refractivity contribution is -0.155. The number of imide groups is 1. The Morgan fingerprint density at radius 1 is 1.14 bits per heavy atom. The van der Waals surface area contributed by atoms with E-state index in [0.29, 0.717) is 11.1 Å². The van der Waals surface area contributed by atoms with Crippen LogP contribution in [0.2, 0.25) is 0 Å². The number of benzene rings is 2. The topological polar surface area (TPSA) is 92.8 Å². The van der Waals surface area contributed by atoms with Gasteiger partial charge in [-0.15, -0.1) is 0 Å². The van der Waals surface area contributed by atoms with Crippen molar-refractivity contribution in [2.45, 2.75) is 19.4 Å². The highest BCUT2D eigenvalue weighted by Gasteiger charge is 2.33. The van der Waals surface area contributed by atoms with E-state index in [1.807, 2.05) is 0 Å². The lowest BCUT2D eigenvalue weighted by Gasteiger charge is -2.26. The van der Waals surface area contributed by atoms with Gasteiger partial charge in [0.1, 0.15) is 6.54 Å². The molecule has 1 N–H and O–H groups in total. The Bertz CT molecular complexity index is 1010. The van der Waals surface area contributed by atoms with Crippen molar-refractivity contribution in [3.05, 3.63) is 65.2 Å². The first kappa shape index (κ1) is 20.1. The lowest BCUT2D eigenvalue weighted by atomic mass is 9.98. The summed E-state index contributed by atoms with van der Waals surface area (Å²) in [7, 11) is 0. The summed E-state index contributed by atoms with van der Waals surface area (Å²) in [5.41, 5.74) is 0.880. The molecule has 1 aliphatic heterocycles. The number of esters is 1. The fourth-order valence-electron chi connectivity index (χ4n) is 2.79. The molecule has 0 bridgehead atoms. The predicted octanol–water partition coefficient (Wildman–Crippen LogP) is 2.06. The van der Waals surface area contributed by atoms with Gasteiger partial charge in [-0.3, -0.25) is 24.1 Å². The lowest BCUT2D eigenvalue weighted by Crippen LogP contribution is -2.46. The van der Waals surface area contributed by atoms with Crippen LogP contribution >= 0.6 is 0 Å². The molecule has 3 amide bonds. The van der Waals surface area contributed by atoms with Gasteiger partial charge in [0.25, 0.3) is 11.8 Å². The minimum absolute atomic E-state index is 0.0187. The highest BCUT2D eigenvalue weighted by molar-refractivity contribution is 6.11. The molecule has 1 aliphatic rings. The van der Waals surface area contributed by atoms with E-state index >= 15 is 0 Å². The van der Waals surface area contributed by atoms with Crippen LogP contribution in [-0.2, 0) is 25.5 Å². The summed E-state index contributed by atoms with van der Waals surface area (Å²) in [4.78, 5) is 49.6. The fourth-order valence-corrected chi connectivity index (χ4v) is 2.79. The number of amides is 3. The van der Waals surface area contributed by atoms with Crippen molar-refractivity contribution in [1.82, 2.24) is 4.90 Å². The molecule has 7 nitrogen and oxygen atoms in total. The van der Waals surface area contributed by atoms with E-state index in [1.165, 1.54) is 6.92 Å². The molecule has 0 spiro atoms. The minimum atomic E-state index is -1.29. The first-order valence-corrected chi connectivity index (χ1v) is 8.64. The fraction of sp³-hybridized carbons (Fsp3) is 0.200. The molecule has 0 radical (unpaired) electrons. The third-order valence-electron chi connectivity index (χ3n) is 4.29. The molecular formula is C20H16F2N2O5. The largest absolute Gasteiger partial charge is 0.451 e. The molecule has 0 unspecified atom stereocenters. The Hall–Kier alpha value is -3.62. The third kappa shape index (κ3) is 4.45. The van der Waals surface area contributed by atoms with Gasteiger partial charge in [0.15, 0.2) is 17.7 Å². The van der Waals surface area contributed by atoms with Crippen LogP contribution < -0.4 is 5.32 Å². The number of fused-ring (bicyclic) bond motifs is 1. The number of hydrogen-bond donors (Lipinski definition) is 1. The van der Waals surface area contributed by atoms with Crippen LogP contribution in [0.25, 0.3) is 0 Å². The van der Waals surface area contributed by atoms with E-state index in [0.717, 1.165) is 23.1 Å². The summed E-state index contributed by atoms with van der Waals surface area (Å²) in [5, 5.41) is 2.28. The summed E-state index contributed by atoms with van der Waals surface area (Å²) in [6.45, 7) is 0.622. The maximum absolute atomic E-state index is 13.2. The van der Waals surface area contributed by atoms with Gasteiger partial charge in [-0.05, 0) is 30.7 Å². The molecule has 3 rings (SSSR count). The molecule has 0 saturated carbocycles. The van der Waals surface area contributed by atoms with E-state index in [9.17, 15) is 28.0 Å². The zero-order valence-corrected chi connectivity index (χ0v) is 15.3. The van der Waals surface area contributed by atoms with Gasteiger partial charge < -0.3 is 10.1 Å². The normalized spacial score (nSPS) is 14.2. The summed E-state index contributed by atoms with van der Waals surface area (Å²) in [5.74, 6) is -5.13. The average molecular weight is 402 g/mol. The Kier molecular flexibility index (Phi) is 5.67. The monoisotopic (exact) mass is 402 g/mol. The highest BCUT2D eigenvalue weighted by atomic mass is 19.2. The van der Waals surface area contributed by atoms with Crippen molar-refractivity contribution in [3.63, 3.8) is 0 Å². The number of halogens is 2. The second-order valence-electron chi connectivity index (χ2n) is 6.37. The molecule has 0 aromatic heterocycles. The molecule has 9 heteroatoms. The number of anilines is 1. The average Bonchev–Trinajstić information content (AvgIpc) is 2.68. The third-order valence-corrected chi connectivity index (χ3v) is 4.29. The van der Waals surface area contributed by atoms with E-state index in [2.05, 4.69) is 5.32 Å². The molecule has 150 valence electrons.